The van der Waals surface area contributed by atoms with Crippen LogP contribution in [0.4, 0.5) is 11.4 Å². The number of benzene rings is 1. The molecule has 0 spiro atoms. The molecule has 1 rings (SSSR count). The number of esters is 1. The number of methoxy groups -OCH3 is 1. The molecule has 0 aliphatic carbocycles. The summed E-state index contributed by atoms with van der Waals surface area (Å²) >= 11 is 0. The third-order valence-electron chi connectivity index (χ3n) is 2.25. The van der Waals surface area contributed by atoms with Gasteiger partial charge in [0.2, 0.25) is 0 Å². The molecule has 5 nitrogen and oxygen atoms in total. The Morgan fingerprint density at radius 2 is 1.94 bits per heavy atom. The van der Waals surface area contributed by atoms with Crippen molar-refractivity contribution >= 4 is 17.3 Å². The van der Waals surface area contributed by atoms with Crippen LogP contribution in [0.3, 0.4) is 0 Å². The van der Waals surface area contributed by atoms with Crippen molar-refractivity contribution < 1.29 is 14.3 Å². The number of rotatable bonds is 3. The third-order valence-corrected chi connectivity index (χ3v) is 2.25. The van der Waals surface area contributed by atoms with Gasteiger partial charge in [-0.25, -0.2) is 4.79 Å². The van der Waals surface area contributed by atoms with Crippen molar-refractivity contribution in [3.05, 3.63) is 17.7 Å². The highest BCUT2D eigenvalue weighted by molar-refractivity contribution is 5.93. The van der Waals surface area contributed by atoms with Crippen molar-refractivity contribution in [2.45, 2.75) is 26.4 Å². The number of carbonyl (C=O) groups excluding carboxylic acids is 1. The number of carbonyl (C=O) groups is 1. The van der Waals surface area contributed by atoms with Gasteiger partial charge in [-0.15, -0.1) is 0 Å². The first-order chi connectivity index (χ1) is 8.28. The Kier molecular flexibility index (Phi) is 4.06. The van der Waals surface area contributed by atoms with E-state index in [4.69, 9.17) is 15.2 Å². The molecule has 0 radical (unpaired) electrons. The van der Waals surface area contributed by atoms with Gasteiger partial charge in [0.15, 0.2) is 0 Å². The van der Waals surface area contributed by atoms with E-state index >= 15 is 0 Å². The maximum atomic E-state index is 11.6. The fraction of sp³-hybridized carbons (Fsp3) is 0.462. The van der Waals surface area contributed by atoms with Crippen LogP contribution in [-0.2, 0) is 4.74 Å². The molecule has 18 heavy (non-hydrogen) atoms. The van der Waals surface area contributed by atoms with Crippen molar-refractivity contribution in [1.82, 2.24) is 0 Å². The molecule has 0 fully saturated rings. The van der Waals surface area contributed by atoms with Gasteiger partial charge < -0.3 is 20.5 Å². The zero-order valence-corrected chi connectivity index (χ0v) is 11.5. The van der Waals surface area contributed by atoms with Gasteiger partial charge in [0.05, 0.1) is 24.0 Å². The summed E-state index contributed by atoms with van der Waals surface area (Å²) in [5.74, 6) is 0.0417. The summed E-state index contributed by atoms with van der Waals surface area (Å²) in [6, 6.07) is 3.23. The van der Waals surface area contributed by atoms with E-state index in [1.165, 1.54) is 7.11 Å². The topological polar surface area (TPSA) is 73.6 Å². The molecule has 0 saturated heterocycles. The van der Waals surface area contributed by atoms with Gasteiger partial charge in [0, 0.05) is 7.05 Å². The first-order valence-corrected chi connectivity index (χ1v) is 5.67. The molecule has 3 N–H and O–H groups in total. The van der Waals surface area contributed by atoms with E-state index in [1.54, 1.807) is 19.2 Å². The number of nitrogens with one attached hydrogen (secondary N) is 1. The van der Waals surface area contributed by atoms with Gasteiger partial charge in [-0.2, -0.15) is 0 Å². The summed E-state index contributed by atoms with van der Waals surface area (Å²) in [7, 11) is 3.07. The van der Waals surface area contributed by atoms with Crippen molar-refractivity contribution in [2.24, 2.45) is 0 Å². The fourth-order valence-electron chi connectivity index (χ4n) is 1.48. The van der Waals surface area contributed by atoms with Crippen molar-refractivity contribution in [2.75, 3.05) is 25.2 Å². The van der Waals surface area contributed by atoms with E-state index in [0.29, 0.717) is 22.7 Å². The predicted octanol–water partition coefficient (Wildman–Crippen LogP) is 2.27. The molecule has 0 aromatic heterocycles. The Hall–Kier alpha value is -1.91. The monoisotopic (exact) mass is 252 g/mol. The molecule has 0 heterocycles. The highest BCUT2D eigenvalue weighted by Gasteiger charge is 2.18. The van der Waals surface area contributed by atoms with Crippen LogP contribution >= 0.6 is 0 Å². The number of hydrogen-bond acceptors (Lipinski definition) is 5. The van der Waals surface area contributed by atoms with Crippen LogP contribution in [-0.4, -0.2) is 25.7 Å². The molecule has 1 aromatic carbocycles. The summed E-state index contributed by atoms with van der Waals surface area (Å²) in [6.07, 6.45) is 0. The zero-order valence-electron chi connectivity index (χ0n) is 11.5. The van der Waals surface area contributed by atoms with E-state index in [1.807, 2.05) is 20.8 Å². The van der Waals surface area contributed by atoms with E-state index < -0.39 is 11.6 Å². The largest absolute Gasteiger partial charge is 0.486 e. The molecule has 5 heteroatoms. The zero-order chi connectivity index (χ0) is 13.9. The second kappa shape index (κ2) is 5.16. The summed E-state index contributed by atoms with van der Waals surface area (Å²) in [6.45, 7) is 5.74. The first kappa shape index (κ1) is 14.2. The Morgan fingerprint density at radius 1 is 1.33 bits per heavy atom. The van der Waals surface area contributed by atoms with Crippen LogP contribution in [0.1, 0.15) is 31.1 Å². The first-order valence-electron chi connectivity index (χ1n) is 5.67. The van der Waals surface area contributed by atoms with Crippen molar-refractivity contribution in [3.8, 4) is 5.75 Å². The Morgan fingerprint density at radius 3 is 2.39 bits per heavy atom. The van der Waals surface area contributed by atoms with Crippen LogP contribution < -0.4 is 15.8 Å². The van der Waals surface area contributed by atoms with Crippen LogP contribution in [0.25, 0.3) is 0 Å². The number of ether oxygens (including phenoxy) is 2. The summed E-state index contributed by atoms with van der Waals surface area (Å²) < 4.78 is 10.4. The Labute approximate surface area is 107 Å². The van der Waals surface area contributed by atoms with Crippen LogP contribution in [0.15, 0.2) is 12.1 Å². The smallest absolute Gasteiger partial charge is 0.338 e. The van der Waals surface area contributed by atoms with E-state index in [9.17, 15) is 4.79 Å². The lowest BCUT2D eigenvalue weighted by atomic mass is 10.1. The van der Waals surface area contributed by atoms with E-state index in [2.05, 4.69) is 5.32 Å². The maximum Gasteiger partial charge on any atom is 0.338 e. The minimum absolute atomic E-state index is 0.395. The van der Waals surface area contributed by atoms with Gasteiger partial charge in [-0.05, 0) is 32.9 Å². The van der Waals surface area contributed by atoms with E-state index in [-0.39, 0.29) is 0 Å². The highest BCUT2D eigenvalue weighted by Crippen LogP contribution is 2.33. The molecule has 0 aliphatic heterocycles. The minimum atomic E-state index is -0.426. The second-order valence-corrected chi connectivity index (χ2v) is 4.89. The average Bonchev–Trinajstić information content (AvgIpc) is 2.29. The molecule has 0 aliphatic rings. The highest BCUT2D eigenvalue weighted by atomic mass is 16.5. The maximum absolute atomic E-state index is 11.6. The van der Waals surface area contributed by atoms with Gasteiger partial charge in [0.1, 0.15) is 11.4 Å². The molecule has 100 valence electrons. The second-order valence-electron chi connectivity index (χ2n) is 4.89. The number of anilines is 2. The van der Waals surface area contributed by atoms with E-state index in [0.717, 1.165) is 0 Å². The molecular formula is C13H20N2O3. The normalized spacial score (nSPS) is 10.9. The quantitative estimate of drug-likeness (QED) is 0.637. The van der Waals surface area contributed by atoms with Crippen molar-refractivity contribution in [1.29, 1.82) is 0 Å². The fourth-order valence-corrected chi connectivity index (χ4v) is 1.48. The molecule has 1 aromatic rings. The lowest BCUT2D eigenvalue weighted by molar-refractivity contribution is 0.0599. The number of hydrogen-bond donors (Lipinski definition) is 2. The molecular weight excluding hydrogens is 232 g/mol. The van der Waals surface area contributed by atoms with Gasteiger partial charge in [-0.3, -0.25) is 0 Å². The lowest BCUT2D eigenvalue weighted by Gasteiger charge is -2.23. The number of nitrogens with two attached hydrogens (primary N) is 1. The molecule has 0 saturated carbocycles. The van der Waals surface area contributed by atoms with Gasteiger partial charge in [0.25, 0.3) is 0 Å². The van der Waals surface area contributed by atoms with Gasteiger partial charge >= 0.3 is 5.97 Å². The third kappa shape index (κ3) is 3.29. The molecule has 0 unspecified atom stereocenters. The summed E-state index contributed by atoms with van der Waals surface area (Å²) in [4.78, 5) is 11.6. The SMILES string of the molecule is CNc1cc(C(=O)OC)cc(OC(C)(C)C)c1N. The Bertz CT molecular complexity index is 450. The lowest BCUT2D eigenvalue weighted by Crippen LogP contribution is -2.24. The minimum Gasteiger partial charge on any atom is -0.486 e. The van der Waals surface area contributed by atoms with Crippen LogP contribution in [0, 0.1) is 0 Å². The number of nitrogen functional groups attached to an aromatic ring is 1. The van der Waals surface area contributed by atoms with Gasteiger partial charge in [-0.1, -0.05) is 0 Å². The Balaban J connectivity index is 3.27. The predicted molar refractivity (Wildman–Crippen MR) is 72.1 cm³/mol. The molecule has 0 amide bonds. The summed E-state index contributed by atoms with van der Waals surface area (Å²) in [5.41, 5.74) is 7.08. The molecule has 0 atom stereocenters. The van der Waals surface area contributed by atoms with Crippen LogP contribution in [0.2, 0.25) is 0 Å². The van der Waals surface area contributed by atoms with Crippen molar-refractivity contribution in [3.63, 3.8) is 0 Å². The molecule has 0 bridgehead atoms. The standard InChI is InChI=1S/C13H20N2O3/c1-13(2,3)18-10-7-8(12(16)17-5)6-9(15-4)11(10)14/h6-7,15H,14H2,1-5H3. The average molecular weight is 252 g/mol. The summed E-state index contributed by atoms with van der Waals surface area (Å²) in [5, 5.41) is 2.93. The van der Waals surface area contributed by atoms with Crippen LogP contribution in [0.5, 0.6) is 5.75 Å².